The van der Waals surface area contributed by atoms with Crippen molar-refractivity contribution < 1.29 is 4.79 Å². The lowest BCUT2D eigenvalue weighted by atomic mass is 10.0. The normalized spacial score (nSPS) is 10.5. The SMILES string of the molecule is CCC(=O)Nc1ccc(Nc2ccc(C(C)C)cc2)nc1. The molecule has 0 radical (unpaired) electrons. The van der Waals surface area contributed by atoms with Gasteiger partial charge in [0, 0.05) is 12.1 Å². The average molecular weight is 283 g/mol. The largest absolute Gasteiger partial charge is 0.340 e. The minimum atomic E-state index is -0.0122. The Labute approximate surface area is 125 Å². The number of anilines is 3. The van der Waals surface area contributed by atoms with E-state index in [0.717, 1.165) is 11.5 Å². The maximum atomic E-state index is 11.3. The van der Waals surface area contributed by atoms with E-state index in [9.17, 15) is 4.79 Å². The highest BCUT2D eigenvalue weighted by molar-refractivity contribution is 5.90. The van der Waals surface area contributed by atoms with E-state index in [1.807, 2.05) is 31.2 Å². The predicted molar refractivity (Wildman–Crippen MR) is 87.0 cm³/mol. The second kappa shape index (κ2) is 6.88. The second-order valence-electron chi connectivity index (χ2n) is 5.24. The molecule has 0 fully saturated rings. The predicted octanol–water partition coefficient (Wildman–Crippen LogP) is 4.30. The highest BCUT2D eigenvalue weighted by Crippen LogP contribution is 2.20. The van der Waals surface area contributed by atoms with Gasteiger partial charge in [0.05, 0.1) is 11.9 Å². The highest BCUT2D eigenvalue weighted by atomic mass is 16.1. The van der Waals surface area contributed by atoms with Crippen molar-refractivity contribution in [1.29, 1.82) is 0 Å². The second-order valence-corrected chi connectivity index (χ2v) is 5.24. The molecule has 0 unspecified atom stereocenters. The Kier molecular flexibility index (Phi) is 4.93. The number of hydrogen-bond donors (Lipinski definition) is 2. The maximum Gasteiger partial charge on any atom is 0.224 e. The van der Waals surface area contributed by atoms with Gasteiger partial charge in [-0.25, -0.2) is 4.98 Å². The summed E-state index contributed by atoms with van der Waals surface area (Å²) >= 11 is 0. The van der Waals surface area contributed by atoms with E-state index in [4.69, 9.17) is 0 Å². The third-order valence-corrected chi connectivity index (χ3v) is 3.22. The summed E-state index contributed by atoms with van der Waals surface area (Å²) in [6, 6.07) is 12.0. The molecule has 4 nitrogen and oxygen atoms in total. The Balaban J connectivity index is 2.01. The van der Waals surface area contributed by atoms with E-state index in [1.165, 1.54) is 5.56 Å². The number of hydrogen-bond acceptors (Lipinski definition) is 3. The zero-order valence-electron chi connectivity index (χ0n) is 12.7. The highest BCUT2D eigenvalue weighted by Gasteiger charge is 2.02. The summed E-state index contributed by atoms with van der Waals surface area (Å²) in [6.45, 7) is 6.17. The van der Waals surface area contributed by atoms with Crippen LogP contribution in [0.2, 0.25) is 0 Å². The fraction of sp³-hybridized carbons (Fsp3) is 0.294. The number of rotatable bonds is 5. The molecule has 0 spiro atoms. The molecule has 1 heterocycles. The van der Waals surface area contributed by atoms with Crippen LogP contribution in [-0.2, 0) is 4.79 Å². The Morgan fingerprint density at radius 3 is 2.29 bits per heavy atom. The molecule has 0 bridgehead atoms. The van der Waals surface area contributed by atoms with Crippen LogP contribution < -0.4 is 10.6 Å². The smallest absolute Gasteiger partial charge is 0.224 e. The Morgan fingerprint density at radius 2 is 1.76 bits per heavy atom. The Bertz CT molecular complexity index is 588. The minimum Gasteiger partial charge on any atom is -0.340 e. The summed E-state index contributed by atoms with van der Waals surface area (Å²) in [5.74, 6) is 1.27. The van der Waals surface area contributed by atoms with Gasteiger partial charge in [-0.15, -0.1) is 0 Å². The zero-order chi connectivity index (χ0) is 15.2. The number of benzene rings is 1. The quantitative estimate of drug-likeness (QED) is 0.860. The molecule has 21 heavy (non-hydrogen) atoms. The molecular weight excluding hydrogens is 262 g/mol. The molecule has 1 amide bonds. The number of carbonyl (C=O) groups excluding carboxylic acids is 1. The molecule has 2 rings (SSSR count). The van der Waals surface area contributed by atoms with E-state index in [-0.39, 0.29) is 5.91 Å². The fourth-order valence-electron chi connectivity index (χ4n) is 1.89. The molecule has 4 heteroatoms. The van der Waals surface area contributed by atoms with Crippen molar-refractivity contribution in [2.75, 3.05) is 10.6 Å². The number of pyridine rings is 1. The molecule has 0 saturated heterocycles. The average Bonchev–Trinajstić information content (AvgIpc) is 2.49. The summed E-state index contributed by atoms with van der Waals surface area (Å²) in [5.41, 5.74) is 3.02. The summed E-state index contributed by atoms with van der Waals surface area (Å²) < 4.78 is 0. The van der Waals surface area contributed by atoms with Gasteiger partial charge in [0.2, 0.25) is 5.91 Å². The molecule has 110 valence electrons. The van der Waals surface area contributed by atoms with Gasteiger partial charge in [-0.3, -0.25) is 4.79 Å². The van der Waals surface area contributed by atoms with E-state index >= 15 is 0 Å². The van der Waals surface area contributed by atoms with Crippen molar-refractivity contribution in [3.8, 4) is 0 Å². The third kappa shape index (κ3) is 4.31. The number of carbonyl (C=O) groups is 1. The van der Waals surface area contributed by atoms with Crippen molar-refractivity contribution in [2.45, 2.75) is 33.1 Å². The molecule has 2 N–H and O–H groups in total. The van der Waals surface area contributed by atoms with Gasteiger partial charge in [0.25, 0.3) is 0 Å². The molecule has 1 aromatic carbocycles. The Hall–Kier alpha value is -2.36. The van der Waals surface area contributed by atoms with Gasteiger partial charge in [0.15, 0.2) is 0 Å². The van der Waals surface area contributed by atoms with E-state index in [0.29, 0.717) is 18.0 Å². The van der Waals surface area contributed by atoms with Gasteiger partial charge in [-0.2, -0.15) is 0 Å². The van der Waals surface area contributed by atoms with E-state index in [2.05, 4.69) is 41.6 Å². The maximum absolute atomic E-state index is 11.3. The van der Waals surface area contributed by atoms with Crippen LogP contribution in [0.3, 0.4) is 0 Å². The molecule has 0 aliphatic carbocycles. The van der Waals surface area contributed by atoms with Crippen LogP contribution in [0, 0.1) is 0 Å². The zero-order valence-corrected chi connectivity index (χ0v) is 12.7. The van der Waals surface area contributed by atoms with Crippen LogP contribution >= 0.6 is 0 Å². The molecule has 0 saturated carbocycles. The van der Waals surface area contributed by atoms with Crippen molar-refractivity contribution in [2.24, 2.45) is 0 Å². The van der Waals surface area contributed by atoms with Crippen LogP contribution in [-0.4, -0.2) is 10.9 Å². The lowest BCUT2D eigenvalue weighted by Gasteiger charge is -2.09. The molecular formula is C17H21N3O. The summed E-state index contributed by atoms with van der Waals surface area (Å²) in [7, 11) is 0. The number of nitrogens with one attached hydrogen (secondary N) is 2. The third-order valence-electron chi connectivity index (χ3n) is 3.22. The minimum absolute atomic E-state index is 0.0122. The van der Waals surface area contributed by atoms with E-state index < -0.39 is 0 Å². The standard InChI is InChI=1S/C17H21N3O/c1-4-17(21)20-15-9-10-16(18-11-15)19-14-7-5-13(6-8-14)12(2)3/h5-12H,4H2,1-3H3,(H,18,19)(H,20,21). The first-order chi connectivity index (χ1) is 10.1. The van der Waals surface area contributed by atoms with Crippen LogP contribution in [0.1, 0.15) is 38.7 Å². The first-order valence-corrected chi connectivity index (χ1v) is 7.21. The van der Waals surface area contributed by atoms with Gasteiger partial charge in [-0.05, 0) is 35.7 Å². The van der Waals surface area contributed by atoms with Crippen LogP contribution in [0.15, 0.2) is 42.6 Å². The molecule has 0 atom stereocenters. The summed E-state index contributed by atoms with van der Waals surface area (Å²) in [6.07, 6.45) is 2.11. The van der Waals surface area contributed by atoms with Crippen molar-refractivity contribution >= 4 is 23.1 Å². The number of amides is 1. The van der Waals surface area contributed by atoms with Gasteiger partial charge >= 0.3 is 0 Å². The molecule has 0 aliphatic rings. The first kappa shape index (κ1) is 15.0. The topological polar surface area (TPSA) is 54.0 Å². The summed E-state index contributed by atoms with van der Waals surface area (Å²) in [4.78, 5) is 15.6. The van der Waals surface area contributed by atoms with Crippen molar-refractivity contribution in [1.82, 2.24) is 4.98 Å². The molecule has 1 aromatic heterocycles. The van der Waals surface area contributed by atoms with E-state index in [1.54, 1.807) is 6.20 Å². The summed E-state index contributed by atoms with van der Waals surface area (Å²) in [5, 5.41) is 6.01. The number of aromatic nitrogens is 1. The van der Waals surface area contributed by atoms with Crippen molar-refractivity contribution in [3.63, 3.8) is 0 Å². The fourth-order valence-corrected chi connectivity index (χ4v) is 1.89. The lowest BCUT2D eigenvalue weighted by molar-refractivity contribution is -0.115. The van der Waals surface area contributed by atoms with Crippen LogP contribution in [0.5, 0.6) is 0 Å². The monoisotopic (exact) mass is 283 g/mol. The van der Waals surface area contributed by atoms with Crippen LogP contribution in [0.25, 0.3) is 0 Å². The van der Waals surface area contributed by atoms with Gasteiger partial charge in [0.1, 0.15) is 5.82 Å². The van der Waals surface area contributed by atoms with Crippen molar-refractivity contribution in [3.05, 3.63) is 48.2 Å². The van der Waals surface area contributed by atoms with Gasteiger partial charge < -0.3 is 10.6 Å². The Morgan fingerprint density at radius 1 is 1.10 bits per heavy atom. The first-order valence-electron chi connectivity index (χ1n) is 7.21. The lowest BCUT2D eigenvalue weighted by Crippen LogP contribution is -2.09. The van der Waals surface area contributed by atoms with Crippen LogP contribution in [0.4, 0.5) is 17.2 Å². The molecule has 0 aliphatic heterocycles. The number of nitrogens with zero attached hydrogens (tertiary/aromatic N) is 1. The molecule has 2 aromatic rings. The van der Waals surface area contributed by atoms with Gasteiger partial charge in [-0.1, -0.05) is 32.9 Å².